The van der Waals surface area contributed by atoms with Crippen molar-refractivity contribution in [3.63, 3.8) is 0 Å². The van der Waals surface area contributed by atoms with Gasteiger partial charge in [-0.3, -0.25) is 4.79 Å². The number of pyridine rings is 1. The number of aliphatic hydroxyl groups is 1. The Morgan fingerprint density at radius 2 is 1.45 bits per heavy atom. The molecule has 58 heavy (non-hydrogen) atoms. The van der Waals surface area contributed by atoms with Crippen LogP contribution in [0.15, 0.2) is 89.0 Å². The van der Waals surface area contributed by atoms with Crippen LogP contribution in [0.1, 0.15) is 84.2 Å². The second-order valence-corrected chi connectivity index (χ2v) is 27.7. The predicted molar refractivity (Wildman–Crippen MR) is 242 cm³/mol. The number of nitrogens with zero attached hydrogens (tertiary/aromatic N) is 3. The first-order chi connectivity index (χ1) is 27.0. The van der Waals surface area contributed by atoms with Crippen LogP contribution in [0.4, 0.5) is 0 Å². The Bertz CT molecular complexity index is 2650. The van der Waals surface area contributed by atoms with Crippen molar-refractivity contribution in [1.82, 2.24) is 15.0 Å². The number of carbonyl (C=O) groups excluding carboxylic acids is 1. The van der Waals surface area contributed by atoms with Crippen LogP contribution in [0.25, 0.3) is 66.3 Å². The zero-order chi connectivity index (χ0) is 41.4. The number of hydrogen-bond acceptors (Lipinski definition) is 6. The molecule has 0 unspecified atom stereocenters. The van der Waals surface area contributed by atoms with Crippen LogP contribution in [-0.2, 0) is 24.9 Å². The van der Waals surface area contributed by atoms with Gasteiger partial charge in [0.2, 0.25) is 0 Å². The van der Waals surface area contributed by atoms with Crippen molar-refractivity contribution in [3.8, 4) is 22.5 Å². The van der Waals surface area contributed by atoms with E-state index in [0.717, 1.165) is 81.3 Å². The number of carbonyl (C=O) groups is 1. The second kappa shape index (κ2) is 17.6. The van der Waals surface area contributed by atoms with Gasteiger partial charge in [-0.15, -0.1) is 0 Å². The van der Waals surface area contributed by atoms with E-state index in [4.69, 9.17) is 19.4 Å². The zero-order valence-corrected chi connectivity index (χ0v) is 40.8. The molecule has 0 saturated carbocycles. The maximum atomic E-state index is 12.2. The van der Waals surface area contributed by atoms with Gasteiger partial charge in [-0.2, -0.15) is 0 Å². The Kier molecular flexibility index (Phi) is 13.6. The van der Waals surface area contributed by atoms with Crippen LogP contribution in [0.5, 0.6) is 0 Å². The van der Waals surface area contributed by atoms with Crippen molar-refractivity contribution in [2.45, 2.75) is 105 Å². The fraction of sp³-hybridized carbons (Fsp3) is 0.360. The third-order valence-corrected chi connectivity index (χ3v) is 17.2. The molecule has 3 heterocycles. The quantitative estimate of drug-likeness (QED) is 0.0483. The van der Waals surface area contributed by atoms with Gasteiger partial charge in [0, 0.05) is 42.6 Å². The topological polar surface area (TPSA) is 89.1 Å². The van der Waals surface area contributed by atoms with E-state index in [1.165, 1.54) is 28.0 Å². The summed E-state index contributed by atoms with van der Waals surface area (Å²) in [6.07, 6.45) is 4.75. The summed E-state index contributed by atoms with van der Waals surface area (Å²) in [7, 11) is 0. The van der Waals surface area contributed by atoms with Gasteiger partial charge in [-0.05, 0) is 25.7 Å². The van der Waals surface area contributed by atoms with Gasteiger partial charge < -0.3 is 5.11 Å². The molecular weight excluding hydrogens is 955 g/mol. The summed E-state index contributed by atoms with van der Waals surface area (Å²) >= 11 is -2.13. The fourth-order valence-corrected chi connectivity index (χ4v) is 13.4. The van der Waals surface area contributed by atoms with Crippen molar-refractivity contribution in [1.29, 1.82) is 0 Å². The molecule has 0 atom stereocenters. The fourth-order valence-electron chi connectivity index (χ4n) is 8.16. The summed E-state index contributed by atoms with van der Waals surface area (Å²) < 4.78 is 8.04. The van der Waals surface area contributed by atoms with Gasteiger partial charge >= 0.3 is 201 Å². The molecule has 4 aromatic carbocycles. The van der Waals surface area contributed by atoms with Crippen molar-refractivity contribution in [3.05, 3.63) is 108 Å². The average Bonchev–Trinajstić information content (AvgIpc) is 3.57. The van der Waals surface area contributed by atoms with Crippen molar-refractivity contribution < 1.29 is 34.4 Å². The minimum Gasteiger partial charge on any atom is 0 e. The smallest absolute Gasteiger partial charge is 0 e. The summed E-state index contributed by atoms with van der Waals surface area (Å²) in [5.41, 5.74) is 8.15. The standard InChI is InChI=1S/C35H30GeN3O.C15H28O2.Ir/c1-20-19-24-15-16-27-32(37-22(3)38-33(27)30(24)21(2)31(20)36(4,5)6)28-14-10-13-25-26-17-18-29(23-11-8-7-9-12-23)39-35(26)40-34(25)28;1-7-14(5,8-2)12(16)11-13(17)15(6,9-3)10-4;/h7-13,15-19H,1-6H3;11,16H,7-10H2,1-6H3;/q-1;;/b;12-11-;. The summed E-state index contributed by atoms with van der Waals surface area (Å²) in [5.74, 6) is 8.42. The molecule has 7 rings (SSSR count). The molecule has 0 saturated heterocycles. The first-order valence-corrected chi connectivity index (χ1v) is 27.8. The van der Waals surface area contributed by atoms with Crippen LogP contribution in [0, 0.1) is 37.7 Å². The van der Waals surface area contributed by atoms with Crippen molar-refractivity contribution in [2.24, 2.45) is 10.8 Å². The largest absolute Gasteiger partial charge is 0 e. The Morgan fingerprint density at radius 1 is 0.810 bits per heavy atom. The van der Waals surface area contributed by atoms with Crippen LogP contribution in [-0.4, -0.2) is 39.1 Å². The maximum absolute atomic E-state index is 12.2. The predicted octanol–water partition coefficient (Wildman–Crippen LogP) is 13.3. The van der Waals surface area contributed by atoms with Crippen LogP contribution >= 0.6 is 0 Å². The third-order valence-electron chi connectivity index (χ3n) is 12.5. The van der Waals surface area contributed by atoms with Crippen LogP contribution in [0.2, 0.25) is 17.3 Å². The molecule has 0 fully saturated rings. The molecule has 0 amide bonds. The monoisotopic (exact) mass is 1020 g/mol. The van der Waals surface area contributed by atoms with E-state index in [1.807, 2.05) is 72.7 Å². The van der Waals surface area contributed by atoms with E-state index in [9.17, 15) is 9.90 Å². The number of aromatic nitrogens is 3. The van der Waals surface area contributed by atoms with Crippen LogP contribution in [0.3, 0.4) is 0 Å². The van der Waals surface area contributed by atoms with Crippen molar-refractivity contribution in [2.75, 3.05) is 0 Å². The van der Waals surface area contributed by atoms with Gasteiger partial charge in [0.05, 0.1) is 0 Å². The molecule has 1 N–H and O–H groups in total. The molecule has 0 spiro atoms. The third kappa shape index (κ3) is 8.46. The van der Waals surface area contributed by atoms with E-state index in [2.05, 4.69) is 85.7 Å². The number of furan rings is 1. The van der Waals surface area contributed by atoms with Gasteiger partial charge in [0.25, 0.3) is 0 Å². The molecule has 6 nitrogen and oxygen atoms in total. The summed E-state index contributed by atoms with van der Waals surface area (Å²) in [4.78, 5) is 27.1. The van der Waals surface area contributed by atoms with Crippen molar-refractivity contribution >= 4 is 67.2 Å². The van der Waals surface area contributed by atoms with E-state index >= 15 is 0 Å². The molecule has 0 aliphatic heterocycles. The van der Waals surface area contributed by atoms with Gasteiger partial charge in [0.1, 0.15) is 5.76 Å². The number of aryl methyl sites for hydroxylation is 3. The van der Waals surface area contributed by atoms with E-state index < -0.39 is 13.3 Å². The van der Waals surface area contributed by atoms with Gasteiger partial charge in [-0.1, -0.05) is 71.9 Å². The minimum absolute atomic E-state index is 0. The Balaban J connectivity index is 0.000000304. The van der Waals surface area contributed by atoms with E-state index in [-0.39, 0.29) is 42.5 Å². The first kappa shape index (κ1) is 44.9. The zero-order valence-electron chi connectivity index (χ0n) is 36.3. The molecular formula is C50H58GeIrN3O3-. The number of benzene rings is 4. The van der Waals surface area contributed by atoms with E-state index in [1.54, 1.807) is 4.40 Å². The normalized spacial score (nSPS) is 12.5. The first-order valence-electron chi connectivity index (χ1n) is 20.5. The molecule has 305 valence electrons. The molecule has 0 bridgehead atoms. The summed E-state index contributed by atoms with van der Waals surface area (Å²) in [6, 6.07) is 28.5. The Hall–Kier alpha value is -4.17. The molecule has 8 heteroatoms. The summed E-state index contributed by atoms with van der Waals surface area (Å²) in [5, 5.41) is 15.6. The number of allylic oxidation sites excluding steroid dienone is 2. The number of hydrogen-bond donors (Lipinski definition) is 1. The molecule has 7 aromatic rings. The van der Waals surface area contributed by atoms with Crippen LogP contribution < -0.4 is 4.40 Å². The van der Waals surface area contributed by atoms with Gasteiger partial charge in [0.15, 0.2) is 5.78 Å². The SMILES string of the molecule is CCC(C)(CC)C(=O)/C=C(\O)C(C)(CC)CC.Cc1nc(-c2[c-]ccc3c2oc2nc(-c4ccccc4)ccc23)c2ccc3cc(C)[c]([Ge]([CH3])([CH3])[CH3])c(C)c3c2n1.[Ir]. The molecule has 0 aliphatic rings. The number of aliphatic hydroxyl groups excluding tert-OH is 1. The number of ketones is 1. The van der Waals surface area contributed by atoms with Gasteiger partial charge in [-0.25, -0.2) is 0 Å². The second-order valence-electron chi connectivity index (χ2n) is 17.2. The Labute approximate surface area is 360 Å². The van der Waals surface area contributed by atoms with E-state index in [0.29, 0.717) is 5.71 Å². The average molecular weight is 1010 g/mol. The number of rotatable bonds is 10. The summed E-state index contributed by atoms with van der Waals surface area (Å²) in [6.45, 7) is 18.6. The Morgan fingerprint density at radius 3 is 2.07 bits per heavy atom. The number of fused-ring (bicyclic) bond motifs is 6. The minimum atomic E-state index is -2.13. The molecule has 3 aromatic heterocycles. The maximum Gasteiger partial charge on any atom is 0 e. The molecule has 1 radical (unpaired) electrons. The molecule has 0 aliphatic carbocycles.